The predicted octanol–water partition coefficient (Wildman–Crippen LogP) is 2.22. The highest BCUT2D eigenvalue weighted by molar-refractivity contribution is 5.73. The number of hydrogen-bond donors (Lipinski definition) is 1. The van der Waals surface area contributed by atoms with E-state index in [0.717, 1.165) is 19.0 Å². The normalized spacial score (nSPS) is 20.5. The fourth-order valence-electron chi connectivity index (χ4n) is 2.18. The molecule has 0 aromatic rings. The van der Waals surface area contributed by atoms with E-state index in [9.17, 15) is 4.79 Å². The molecule has 15 heavy (non-hydrogen) atoms. The van der Waals surface area contributed by atoms with Crippen molar-refractivity contribution in [2.45, 2.75) is 40.0 Å². The molecule has 0 radical (unpaired) electrons. The van der Waals surface area contributed by atoms with Crippen molar-refractivity contribution in [3.05, 3.63) is 0 Å². The second-order valence-electron chi connectivity index (χ2n) is 5.32. The number of aliphatic carboxylic acids is 1. The van der Waals surface area contributed by atoms with Crippen molar-refractivity contribution >= 4 is 5.97 Å². The van der Waals surface area contributed by atoms with Crippen molar-refractivity contribution in [3.8, 4) is 0 Å². The topological polar surface area (TPSA) is 40.5 Å². The van der Waals surface area contributed by atoms with Gasteiger partial charge in [-0.15, -0.1) is 0 Å². The maximum absolute atomic E-state index is 11.0. The molecule has 0 aromatic carbocycles. The zero-order valence-corrected chi connectivity index (χ0v) is 10.1. The van der Waals surface area contributed by atoms with Crippen LogP contribution in [0.3, 0.4) is 0 Å². The van der Waals surface area contributed by atoms with Gasteiger partial charge in [-0.05, 0) is 45.7 Å². The van der Waals surface area contributed by atoms with Crippen molar-refractivity contribution in [2.75, 3.05) is 19.6 Å². The van der Waals surface area contributed by atoms with E-state index in [0.29, 0.717) is 6.54 Å². The Morgan fingerprint density at radius 3 is 2.33 bits per heavy atom. The molecule has 1 rings (SSSR count). The first-order valence-corrected chi connectivity index (χ1v) is 5.91. The van der Waals surface area contributed by atoms with Gasteiger partial charge >= 0.3 is 5.97 Å². The second-order valence-corrected chi connectivity index (χ2v) is 5.32. The molecule has 0 aromatic heterocycles. The zero-order chi connectivity index (χ0) is 11.5. The van der Waals surface area contributed by atoms with Crippen LogP contribution in [0.15, 0.2) is 0 Å². The third-order valence-electron chi connectivity index (χ3n) is 3.48. The van der Waals surface area contributed by atoms with E-state index in [1.165, 1.54) is 19.3 Å². The fourth-order valence-corrected chi connectivity index (χ4v) is 2.18. The highest BCUT2D eigenvalue weighted by Crippen LogP contribution is 2.24. The Balaban J connectivity index is 2.38. The monoisotopic (exact) mass is 213 g/mol. The molecule has 1 fully saturated rings. The average molecular weight is 213 g/mol. The third kappa shape index (κ3) is 3.49. The molecule has 0 amide bonds. The second kappa shape index (κ2) is 4.97. The SMILES string of the molecule is CCC1CCN(CC(C)(C)C(=O)O)CC1. The Morgan fingerprint density at radius 2 is 1.93 bits per heavy atom. The van der Waals surface area contributed by atoms with E-state index in [1.54, 1.807) is 13.8 Å². The summed E-state index contributed by atoms with van der Waals surface area (Å²) >= 11 is 0. The summed E-state index contributed by atoms with van der Waals surface area (Å²) in [6, 6.07) is 0. The number of likely N-dealkylation sites (tertiary alicyclic amines) is 1. The van der Waals surface area contributed by atoms with Crippen LogP contribution in [0.25, 0.3) is 0 Å². The zero-order valence-electron chi connectivity index (χ0n) is 10.1. The molecule has 88 valence electrons. The summed E-state index contributed by atoms with van der Waals surface area (Å²) in [7, 11) is 0. The maximum Gasteiger partial charge on any atom is 0.310 e. The van der Waals surface area contributed by atoms with Gasteiger partial charge in [0, 0.05) is 6.54 Å². The minimum absolute atomic E-state index is 0.612. The lowest BCUT2D eigenvalue weighted by Crippen LogP contribution is -2.43. The van der Waals surface area contributed by atoms with Crippen molar-refractivity contribution in [3.63, 3.8) is 0 Å². The Labute approximate surface area is 92.5 Å². The van der Waals surface area contributed by atoms with Crippen LogP contribution in [0.5, 0.6) is 0 Å². The standard InChI is InChI=1S/C12H23NO2/c1-4-10-5-7-13(8-6-10)9-12(2,3)11(14)15/h10H,4-9H2,1-3H3,(H,14,15). The third-order valence-corrected chi connectivity index (χ3v) is 3.48. The molecule has 0 saturated carbocycles. The molecule has 0 unspecified atom stereocenters. The molecule has 3 nitrogen and oxygen atoms in total. The van der Waals surface area contributed by atoms with Crippen LogP contribution < -0.4 is 0 Å². The quantitative estimate of drug-likeness (QED) is 0.778. The predicted molar refractivity (Wildman–Crippen MR) is 60.9 cm³/mol. The molecule has 0 bridgehead atoms. The summed E-state index contributed by atoms with van der Waals surface area (Å²) < 4.78 is 0. The van der Waals surface area contributed by atoms with Gasteiger partial charge in [-0.3, -0.25) is 4.79 Å². The Bertz CT molecular complexity index is 218. The van der Waals surface area contributed by atoms with Crippen molar-refractivity contribution in [2.24, 2.45) is 11.3 Å². The van der Waals surface area contributed by atoms with E-state index >= 15 is 0 Å². The molecule has 1 aliphatic rings. The van der Waals surface area contributed by atoms with Crippen molar-refractivity contribution in [1.82, 2.24) is 4.90 Å². The number of rotatable bonds is 4. The molecule has 1 N–H and O–H groups in total. The molecule has 0 spiro atoms. The van der Waals surface area contributed by atoms with E-state index in [-0.39, 0.29) is 0 Å². The van der Waals surface area contributed by atoms with E-state index in [1.807, 2.05) is 0 Å². The minimum atomic E-state index is -0.694. The van der Waals surface area contributed by atoms with Gasteiger partial charge in [0.1, 0.15) is 0 Å². The van der Waals surface area contributed by atoms with Gasteiger partial charge < -0.3 is 10.0 Å². The molecule has 1 aliphatic heterocycles. The summed E-state index contributed by atoms with van der Waals surface area (Å²) in [5.41, 5.74) is -0.612. The molecule has 0 atom stereocenters. The van der Waals surface area contributed by atoms with E-state index in [4.69, 9.17) is 5.11 Å². The van der Waals surface area contributed by atoms with Gasteiger partial charge in [-0.2, -0.15) is 0 Å². The van der Waals surface area contributed by atoms with Crippen LogP contribution in [0, 0.1) is 11.3 Å². The number of carboxylic acids is 1. The van der Waals surface area contributed by atoms with Crippen LogP contribution in [0.1, 0.15) is 40.0 Å². The molecule has 1 heterocycles. The largest absolute Gasteiger partial charge is 0.481 e. The van der Waals surface area contributed by atoms with Crippen LogP contribution >= 0.6 is 0 Å². The number of carboxylic acid groups (broad SMARTS) is 1. The summed E-state index contributed by atoms with van der Waals surface area (Å²) in [5, 5.41) is 9.04. The van der Waals surface area contributed by atoms with Crippen LogP contribution in [0.4, 0.5) is 0 Å². The lowest BCUT2D eigenvalue weighted by atomic mass is 9.89. The van der Waals surface area contributed by atoms with Crippen molar-refractivity contribution < 1.29 is 9.90 Å². The van der Waals surface area contributed by atoms with Crippen LogP contribution in [0.2, 0.25) is 0 Å². The summed E-state index contributed by atoms with van der Waals surface area (Å²) in [5.74, 6) is 0.161. The highest BCUT2D eigenvalue weighted by Gasteiger charge is 2.31. The molecule has 0 aliphatic carbocycles. The fraction of sp³-hybridized carbons (Fsp3) is 0.917. The number of piperidine rings is 1. The van der Waals surface area contributed by atoms with Crippen LogP contribution in [-0.2, 0) is 4.79 Å². The first-order chi connectivity index (χ1) is 6.95. The lowest BCUT2D eigenvalue weighted by molar-refractivity contribution is -0.148. The van der Waals surface area contributed by atoms with E-state index in [2.05, 4.69) is 11.8 Å². The molecular weight excluding hydrogens is 190 g/mol. The Hall–Kier alpha value is -0.570. The summed E-state index contributed by atoms with van der Waals surface area (Å²) in [4.78, 5) is 13.3. The minimum Gasteiger partial charge on any atom is -0.481 e. The summed E-state index contributed by atoms with van der Waals surface area (Å²) in [6.45, 7) is 8.66. The first-order valence-electron chi connectivity index (χ1n) is 5.91. The van der Waals surface area contributed by atoms with Crippen LogP contribution in [-0.4, -0.2) is 35.6 Å². The Morgan fingerprint density at radius 1 is 1.40 bits per heavy atom. The van der Waals surface area contributed by atoms with Crippen molar-refractivity contribution in [1.29, 1.82) is 0 Å². The van der Waals surface area contributed by atoms with Gasteiger partial charge in [0.15, 0.2) is 0 Å². The lowest BCUT2D eigenvalue weighted by Gasteiger charge is -2.35. The number of nitrogens with zero attached hydrogens (tertiary/aromatic N) is 1. The molecule has 3 heteroatoms. The highest BCUT2D eigenvalue weighted by atomic mass is 16.4. The summed E-state index contributed by atoms with van der Waals surface area (Å²) in [6.07, 6.45) is 3.72. The van der Waals surface area contributed by atoms with Gasteiger partial charge in [0.25, 0.3) is 0 Å². The van der Waals surface area contributed by atoms with E-state index < -0.39 is 11.4 Å². The van der Waals surface area contributed by atoms with Gasteiger partial charge in [-0.25, -0.2) is 0 Å². The smallest absolute Gasteiger partial charge is 0.310 e. The maximum atomic E-state index is 11.0. The average Bonchev–Trinajstić information content (AvgIpc) is 2.18. The Kier molecular flexibility index (Phi) is 4.14. The first kappa shape index (κ1) is 12.5. The molecule has 1 saturated heterocycles. The number of hydrogen-bond acceptors (Lipinski definition) is 2. The number of carbonyl (C=O) groups is 1. The van der Waals surface area contributed by atoms with Gasteiger partial charge in [0.05, 0.1) is 5.41 Å². The van der Waals surface area contributed by atoms with Gasteiger partial charge in [0.2, 0.25) is 0 Å². The van der Waals surface area contributed by atoms with Gasteiger partial charge in [-0.1, -0.05) is 13.3 Å². The molecular formula is C12H23NO2.